The van der Waals surface area contributed by atoms with Gasteiger partial charge in [0.1, 0.15) is 0 Å². The van der Waals surface area contributed by atoms with Gasteiger partial charge < -0.3 is 14.8 Å². The minimum absolute atomic E-state index is 0.428. The number of hydrogen-bond acceptors (Lipinski definition) is 3. The second-order valence-electron chi connectivity index (χ2n) is 6.85. The van der Waals surface area contributed by atoms with Crippen molar-refractivity contribution in [2.45, 2.75) is 63.5 Å². The molecule has 3 fully saturated rings. The summed E-state index contributed by atoms with van der Waals surface area (Å²) in [6.07, 6.45) is 11.2. The molecule has 3 heteroatoms. The van der Waals surface area contributed by atoms with E-state index in [1.165, 1.54) is 57.9 Å². The summed E-state index contributed by atoms with van der Waals surface area (Å²) in [5.41, 5.74) is 0.428. The van der Waals surface area contributed by atoms with E-state index in [0.717, 1.165) is 25.2 Å². The highest BCUT2D eigenvalue weighted by Gasteiger charge is 2.50. The Hall–Kier alpha value is -0.120. The van der Waals surface area contributed by atoms with E-state index in [9.17, 15) is 0 Å². The molecule has 3 aliphatic rings. The van der Waals surface area contributed by atoms with Gasteiger partial charge in [0.05, 0.1) is 6.10 Å². The van der Waals surface area contributed by atoms with Gasteiger partial charge in [-0.05, 0) is 50.9 Å². The summed E-state index contributed by atoms with van der Waals surface area (Å²) >= 11 is 0. The van der Waals surface area contributed by atoms with Crippen LogP contribution in [0.2, 0.25) is 0 Å². The first kappa shape index (κ1) is 13.8. The van der Waals surface area contributed by atoms with Crippen LogP contribution in [0.1, 0.15) is 51.4 Å². The van der Waals surface area contributed by atoms with Crippen LogP contribution in [0.25, 0.3) is 0 Å². The standard InChI is InChI=1S/C16H29NO2/c1-18-10-3-2-8-16(12-17-14-6-7-14)9-11-19-15(16)13-4-5-13/h13-15,17H,2-12H2,1H3. The monoisotopic (exact) mass is 267 g/mol. The predicted molar refractivity (Wildman–Crippen MR) is 76.3 cm³/mol. The van der Waals surface area contributed by atoms with Gasteiger partial charge in [0.2, 0.25) is 0 Å². The van der Waals surface area contributed by atoms with E-state index in [2.05, 4.69) is 5.32 Å². The zero-order valence-electron chi connectivity index (χ0n) is 12.3. The lowest BCUT2D eigenvalue weighted by Crippen LogP contribution is -2.42. The number of hydrogen-bond donors (Lipinski definition) is 1. The number of nitrogens with one attached hydrogen (secondary N) is 1. The van der Waals surface area contributed by atoms with Crippen LogP contribution in [0.15, 0.2) is 0 Å². The van der Waals surface area contributed by atoms with Crippen molar-refractivity contribution in [3.63, 3.8) is 0 Å². The lowest BCUT2D eigenvalue weighted by molar-refractivity contribution is 0.0243. The molecule has 0 bridgehead atoms. The number of rotatable bonds is 9. The lowest BCUT2D eigenvalue weighted by atomic mass is 9.74. The first-order chi connectivity index (χ1) is 9.34. The highest BCUT2D eigenvalue weighted by molar-refractivity contribution is 5.01. The molecule has 0 aromatic heterocycles. The molecule has 110 valence electrons. The Kier molecular flexibility index (Phi) is 4.45. The Morgan fingerprint density at radius 1 is 1.21 bits per heavy atom. The van der Waals surface area contributed by atoms with Crippen LogP contribution >= 0.6 is 0 Å². The minimum atomic E-state index is 0.428. The Morgan fingerprint density at radius 2 is 2.05 bits per heavy atom. The van der Waals surface area contributed by atoms with Crippen molar-refractivity contribution in [1.82, 2.24) is 5.32 Å². The molecule has 0 amide bonds. The Balaban J connectivity index is 1.55. The average Bonchev–Trinajstić information content (AvgIpc) is 3.33. The van der Waals surface area contributed by atoms with Crippen molar-refractivity contribution >= 4 is 0 Å². The smallest absolute Gasteiger partial charge is 0.0672 e. The number of ether oxygens (including phenoxy) is 2. The van der Waals surface area contributed by atoms with E-state index in [-0.39, 0.29) is 0 Å². The Bertz CT molecular complexity index is 288. The summed E-state index contributed by atoms with van der Waals surface area (Å²) in [6, 6.07) is 0.816. The van der Waals surface area contributed by atoms with Crippen LogP contribution in [0.5, 0.6) is 0 Å². The summed E-state index contributed by atoms with van der Waals surface area (Å²) in [5.74, 6) is 0.867. The van der Waals surface area contributed by atoms with E-state index in [1.54, 1.807) is 7.11 Å². The Labute approximate surface area is 117 Å². The summed E-state index contributed by atoms with van der Waals surface area (Å²) in [4.78, 5) is 0. The number of methoxy groups -OCH3 is 1. The van der Waals surface area contributed by atoms with Gasteiger partial charge in [0.15, 0.2) is 0 Å². The third kappa shape index (κ3) is 3.50. The maximum Gasteiger partial charge on any atom is 0.0672 e. The molecule has 2 atom stereocenters. The van der Waals surface area contributed by atoms with Crippen molar-refractivity contribution in [3.8, 4) is 0 Å². The summed E-state index contributed by atoms with van der Waals surface area (Å²) in [5, 5.41) is 3.78. The first-order valence-corrected chi connectivity index (χ1v) is 8.18. The average molecular weight is 267 g/mol. The molecule has 19 heavy (non-hydrogen) atoms. The highest BCUT2D eigenvalue weighted by atomic mass is 16.5. The van der Waals surface area contributed by atoms with Crippen molar-refractivity contribution in [3.05, 3.63) is 0 Å². The van der Waals surface area contributed by atoms with Gasteiger partial charge in [-0.25, -0.2) is 0 Å². The molecular formula is C16H29NO2. The normalized spacial score (nSPS) is 34.9. The zero-order valence-corrected chi connectivity index (χ0v) is 12.3. The number of unbranched alkanes of at least 4 members (excludes halogenated alkanes) is 1. The van der Waals surface area contributed by atoms with E-state index in [4.69, 9.17) is 9.47 Å². The molecule has 1 saturated heterocycles. The van der Waals surface area contributed by atoms with Gasteiger partial charge in [0, 0.05) is 38.3 Å². The predicted octanol–water partition coefficient (Wildman–Crippen LogP) is 2.74. The van der Waals surface area contributed by atoms with Crippen LogP contribution in [0, 0.1) is 11.3 Å². The quantitative estimate of drug-likeness (QED) is 0.652. The van der Waals surface area contributed by atoms with Crippen LogP contribution in [-0.2, 0) is 9.47 Å². The highest BCUT2D eigenvalue weighted by Crippen LogP contribution is 2.50. The molecule has 1 heterocycles. The minimum Gasteiger partial charge on any atom is -0.385 e. The fourth-order valence-electron chi connectivity index (χ4n) is 3.65. The molecule has 0 aromatic rings. The SMILES string of the molecule is COCCCCC1(CNC2CC2)CCOC1C1CC1. The topological polar surface area (TPSA) is 30.5 Å². The molecule has 0 aromatic carbocycles. The van der Waals surface area contributed by atoms with Gasteiger partial charge >= 0.3 is 0 Å². The van der Waals surface area contributed by atoms with E-state index in [1.807, 2.05) is 0 Å². The fourth-order valence-corrected chi connectivity index (χ4v) is 3.65. The van der Waals surface area contributed by atoms with Gasteiger partial charge in [-0.1, -0.05) is 6.42 Å². The van der Waals surface area contributed by atoms with Crippen LogP contribution in [0.4, 0.5) is 0 Å². The molecule has 2 unspecified atom stereocenters. The molecule has 1 N–H and O–H groups in total. The molecule has 0 spiro atoms. The van der Waals surface area contributed by atoms with Gasteiger partial charge in [-0.15, -0.1) is 0 Å². The van der Waals surface area contributed by atoms with Gasteiger partial charge in [-0.3, -0.25) is 0 Å². The second-order valence-corrected chi connectivity index (χ2v) is 6.85. The second kappa shape index (κ2) is 6.11. The molecule has 0 radical (unpaired) electrons. The summed E-state index contributed by atoms with van der Waals surface area (Å²) < 4.78 is 11.3. The van der Waals surface area contributed by atoms with Crippen molar-refractivity contribution in [2.75, 3.05) is 26.9 Å². The van der Waals surface area contributed by atoms with E-state index < -0.39 is 0 Å². The third-order valence-corrected chi connectivity index (χ3v) is 5.14. The fraction of sp³-hybridized carbons (Fsp3) is 1.00. The third-order valence-electron chi connectivity index (χ3n) is 5.14. The van der Waals surface area contributed by atoms with E-state index >= 15 is 0 Å². The van der Waals surface area contributed by atoms with Crippen molar-refractivity contribution in [2.24, 2.45) is 11.3 Å². The molecule has 3 nitrogen and oxygen atoms in total. The molecule has 2 saturated carbocycles. The molecular weight excluding hydrogens is 238 g/mol. The summed E-state index contributed by atoms with van der Waals surface area (Å²) in [7, 11) is 1.80. The van der Waals surface area contributed by atoms with Gasteiger partial charge in [-0.2, -0.15) is 0 Å². The molecule has 2 aliphatic carbocycles. The Morgan fingerprint density at radius 3 is 2.74 bits per heavy atom. The summed E-state index contributed by atoms with van der Waals surface area (Å²) in [6.45, 7) is 3.07. The first-order valence-electron chi connectivity index (χ1n) is 8.18. The maximum atomic E-state index is 6.13. The zero-order chi connectivity index (χ0) is 13.1. The lowest BCUT2D eigenvalue weighted by Gasteiger charge is -2.35. The van der Waals surface area contributed by atoms with Crippen LogP contribution < -0.4 is 5.32 Å². The van der Waals surface area contributed by atoms with E-state index in [0.29, 0.717) is 11.5 Å². The molecule has 3 rings (SSSR count). The molecule has 1 aliphatic heterocycles. The van der Waals surface area contributed by atoms with Crippen LogP contribution in [-0.4, -0.2) is 39.0 Å². The maximum absolute atomic E-state index is 6.13. The van der Waals surface area contributed by atoms with Crippen LogP contribution in [0.3, 0.4) is 0 Å². The van der Waals surface area contributed by atoms with Crippen molar-refractivity contribution in [1.29, 1.82) is 0 Å². The largest absolute Gasteiger partial charge is 0.385 e. The van der Waals surface area contributed by atoms with Crippen molar-refractivity contribution < 1.29 is 9.47 Å². The van der Waals surface area contributed by atoms with Gasteiger partial charge in [0.25, 0.3) is 0 Å².